The molecule has 1 aliphatic heterocycles. The smallest absolute Gasteiger partial charge is 0.255 e. The first kappa shape index (κ1) is 22.6. The zero-order valence-electron chi connectivity index (χ0n) is 18.4. The molecule has 0 aliphatic carbocycles. The van der Waals surface area contributed by atoms with E-state index >= 15 is 0 Å². The molecule has 1 aliphatic rings. The molecule has 0 unspecified atom stereocenters. The summed E-state index contributed by atoms with van der Waals surface area (Å²) in [6.45, 7) is 2.72. The molecule has 8 heteroatoms. The summed E-state index contributed by atoms with van der Waals surface area (Å²) in [5, 5.41) is 8.83. The predicted molar refractivity (Wildman–Crippen MR) is 134 cm³/mol. The average molecular weight is 492 g/mol. The number of amides is 1. The molecule has 1 atom stereocenters. The highest BCUT2D eigenvalue weighted by atomic mass is 35.5. The van der Waals surface area contributed by atoms with Gasteiger partial charge in [-0.1, -0.05) is 65.7 Å². The highest BCUT2D eigenvalue weighted by Gasteiger charge is 2.29. The number of halogens is 2. The van der Waals surface area contributed by atoms with E-state index < -0.39 is 0 Å². The maximum absolute atomic E-state index is 13.4. The molecule has 0 radical (unpaired) electrons. The van der Waals surface area contributed by atoms with Gasteiger partial charge in [-0.05, 0) is 41.5 Å². The minimum Gasteiger partial charge on any atom is -0.336 e. The van der Waals surface area contributed by atoms with Crippen molar-refractivity contribution in [2.24, 2.45) is 0 Å². The molecule has 0 N–H and O–H groups in total. The standard InChI is InChI=1S/C26H23Cl2N5O/c27-21-8-6-20(7-9-21)25(19-4-2-1-3-5-19)31-12-14-32(15-13-31)26(34)23-16-22(10-11-24(23)28)33-17-29-30-18-33/h1-11,16-18,25H,12-15H2/t25-/m0/s1. The van der Waals surface area contributed by atoms with Crippen molar-refractivity contribution in [1.29, 1.82) is 0 Å². The molecule has 4 aromatic rings. The van der Waals surface area contributed by atoms with Gasteiger partial charge >= 0.3 is 0 Å². The van der Waals surface area contributed by atoms with Crippen LogP contribution in [-0.4, -0.2) is 56.7 Å². The highest BCUT2D eigenvalue weighted by molar-refractivity contribution is 6.34. The van der Waals surface area contributed by atoms with E-state index in [2.05, 4.69) is 51.5 Å². The number of hydrogen-bond acceptors (Lipinski definition) is 4. The third kappa shape index (κ3) is 4.71. The summed E-state index contributed by atoms with van der Waals surface area (Å²) in [6.07, 6.45) is 3.19. The lowest BCUT2D eigenvalue weighted by Crippen LogP contribution is -2.50. The Morgan fingerprint density at radius 3 is 2.12 bits per heavy atom. The van der Waals surface area contributed by atoms with E-state index in [-0.39, 0.29) is 11.9 Å². The van der Waals surface area contributed by atoms with Crippen LogP contribution in [0.2, 0.25) is 10.0 Å². The molecule has 172 valence electrons. The van der Waals surface area contributed by atoms with Crippen LogP contribution in [0.5, 0.6) is 0 Å². The van der Waals surface area contributed by atoms with Crippen molar-refractivity contribution in [1.82, 2.24) is 24.6 Å². The minimum atomic E-state index is -0.0673. The molecule has 1 amide bonds. The summed E-state index contributed by atoms with van der Waals surface area (Å²) < 4.78 is 1.75. The van der Waals surface area contributed by atoms with Gasteiger partial charge in [0.05, 0.1) is 16.6 Å². The van der Waals surface area contributed by atoms with Gasteiger partial charge in [0.15, 0.2) is 0 Å². The van der Waals surface area contributed by atoms with Crippen molar-refractivity contribution in [3.05, 3.63) is 112 Å². The molecule has 3 aromatic carbocycles. The lowest BCUT2D eigenvalue weighted by molar-refractivity contribution is 0.0597. The fraction of sp³-hybridized carbons (Fsp3) is 0.192. The highest BCUT2D eigenvalue weighted by Crippen LogP contribution is 2.31. The summed E-state index contributed by atoms with van der Waals surface area (Å²) in [5.41, 5.74) is 3.68. The minimum absolute atomic E-state index is 0.0673. The molecule has 6 nitrogen and oxygen atoms in total. The van der Waals surface area contributed by atoms with Gasteiger partial charge in [-0.15, -0.1) is 10.2 Å². The van der Waals surface area contributed by atoms with Crippen LogP contribution >= 0.6 is 23.2 Å². The quantitative estimate of drug-likeness (QED) is 0.388. The van der Waals surface area contributed by atoms with Gasteiger partial charge in [-0.2, -0.15) is 0 Å². The van der Waals surface area contributed by atoms with E-state index in [1.54, 1.807) is 29.4 Å². The number of nitrogens with zero attached hydrogens (tertiary/aromatic N) is 5. The van der Waals surface area contributed by atoms with Crippen molar-refractivity contribution in [3.63, 3.8) is 0 Å². The molecule has 0 spiro atoms. The van der Waals surface area contributed by atoms with Gasteiger partial charge in [0.2, 0.25) is 0 Å². The summed E-state index contributed by atoms with van der Waals surface area (Å²) in [5.74, 6) is -0.0673. The molecular formula is C26H23Cl2N5O. The van der Waals surface area contributed by atoms with E-state index in [4.69, 9.17) is 23.2 Å². The van der Waals surface area contributed by atoms with Gasteiger partial charge in [0.1, 0.15) is 12.7 Å². The third-order valence-electron chi connectivity index (χ3n) is 6.16. The molecule has 5 rings (SSSR count). The van der Waals surface area contributed by atoms with Crippen LogP contribution in [0.25, 0.3) is 5.69 Å². The molecule has 1 saturated heterocycles. The topological polar surface area (TPSA) is 54.3 Å². The fourth-order valence-electron chi connectivity index (χ4n) is 4.42. The van der Waals surface area contributed by atoms with Gasteiger partial charge in [-0.3, -0.25) is 14.3 Å². The predicted octanol–water partition coefficient (Wildman–Crippen LogP) is 5.12. The second-order valence-corrected chi connectivity index (χ2v) is 9.07. The van der Waals surface area contributed by atoms with E-state index in [0.717, 1.165) is 23.8 Å². The number of benzene rings is 3. The normalized spacial score (nSPS) is 15.3. The number of rotatable bonds is 5. The van der Waals surface area contributed by atoms with Crippen molar-refractivity contribution >= 4 is 29.1 Å². The van der Waals surface area contributed by atoms with Gasteiger partial charge in [-0.25, -0.2) is 0 Å². The lowest BCUT2D eigenvalue weighted by atomic mass is 9.96. The first-order chi connectivity index (χ1) is 16.6. The Balaban J connectivity index is 1.35. The summed E-state index contributed by atoms with van der Waals surface area (Å²) in [7, 11) is 0. The second-order valence-electron chi connectivity index (χ2n) is 8.23. The first-order valence-electron chi connectivity index (χ1n) is 11.1. The van der Waals surface area contributed by atoms with Crippen LogP contribution < -0.4 is 0 Å². The Bertz CT molecular complexity index is 1250. The molecule has 0 bridgehead atoms. The SMILES string of the molecule is O=C(c1cc(-n2cnnc2)ccc1Cl)N1CCN([C@@H](c2ccccc2)c2ccc(Cl)cc2)CC1. The number of carbonyl (C=O) groups is 1. The van der Waals surface area contributed by atoms with Crippen molar-refractivity contribution < 1.29 is 4.79 Å². The Morgan fingerprint density at radius 2 is 1.44 bits per heavy atom. The largest absolute Gasteiger partial charge is 0.336 e. The van der Waals surface area contributed by atoms with Crippen LogP contribution in [0.3, 0.4) is 0 Å². The summed E-state index contributed by atoms with van der Waals surface area (Å²) in [6, 6.07) is 23.9. The molecule has 2 heterocycles. The molecule has 0 saturated carbocycles. The van der Waals surface area contributed by atoms with Crippen molar-refractivity contribution in [2.75, 3.05) is 26.2 Å². The maximum Gasteiger partial charge on any atom is 0.255 e. The first-order valence-corrected chi connectivity index (χ1v) is 11.8. The van der Waals surface area contributed by atoms with Crippen LogP contribution in [0.4, 0.5) is 0 Å². The van der Waals surface area contributed by atoms with Crippen LogP contribution in [0.15, 0.2) is 85.5 Å². The van der Waals surface area contributed by atoms with Crippen molar-refractivity contribution in [2.45, 2.75) is 6.04 Å². The van der Waals surface area contributed by atoms with Gasteiger partial charge < -0.3 is 4.90 Å². The van der Waals surface area contributed by atoms with Gasteiger partial charge in [0, 0.05) is 36.9 Å². The zero-order chi connectivity index (χ0) is 23.5. The number of carbonyl (C=O) groups excluding carboxylic acids is 1. The van der Waals surface area contributed by atoms with Crippen LogP contribution in [-0.2, 0) is 0 Å². The van der Waals surface area contributed by atoms with Crippen LogP contribution in [0, 0.1) is 0 Å². The molecule has 1 aromatic heterocycles. The average Bonchev–Trinajstić information content (AvgIpc) is 3.42. The van der Waals surface area contributed by atoms with Crippen molar-refractivity contribution in [3.8, 4) is 5.69 Å². The number of aromatic nitrogens is 3. The van der Waals surface area contributed by atoms with E-state index in [9.17, 15) is 4.79 Å². The van der Waals surface area contributed by atoms with E-state index in [1.807, 2.05) is 29.2 Å². The summed E-state index contributed by atoms with van der Waals surface area (Å²) in [4.78, 5) is 17.7. The fourth-order valence-corrected chi connectivity index (χ4v) is 4.74. The summed E-state index contributed by atoms with van der Waals surface area (Å²) >= 11 is 12.6. The Hall–Kier alpha value is -3.19. The van der Waals surface area contributed by atoms with E-state index in [0.29, 0.717) is 23.7 Å². The van der Waals surface area contributed by atoms with Gasteiger partial charge in [0.25, 0.3) is 5.91 Å². The van der Waals surface area contributed by atoms with Crippen LogP contribution in [0.1, 0.15) is 27.5 Å². The Morgan fingerprint density at radius 1 is 0.794 bits per heavy atom. The molecule has 1 fully saturated rings. The monoisotopic (exact) mass is 491 g/mol. The lowest BCUT2D eigenvalue weighted by Gasteiger charge is -2.40. The second kappa shape index (κ2) is 9.97. The zero-order valence-corrected chi connectivity index (χ0v) is 19.9. The Kier molecular flexibility index (Phi) is 6.63. The third-order valence-corrected chi connectivity index (χ3v) is 6.75. The maximum atomic E-state index is 13.4. The van der Waals surface area contributed by atoms with E-state index in [1.165, 1.54) is 11.1 Å². The Labute approximate surface area is 208 Å². The number of hydrogen-bond donors (Lipinski definition) is 0. The molecular weight excluding hydrogens is 469 g/mol. The number of piperazine rings is 1. The molecule has 34 heavy (non-hydrogen) atoms.